The number of hydrogen-bond donors (Lipinski definition) is 1. The van der Waals surface area contributed by atoms with Gasteiger partial charge in [-0.05, 0) is 17.7 Å². The number of nitrogens with zero attached hydrogens (tertiary/aromatic N) is 1. The zero-order valence-corrected chi connectivity index (χ0v) is 12.7. The lowest BCUT2D eigenvalue weighted by Crippen LogP contribution is -2.03. The van der Waals surface area contributed by atoms with Crippen molar-refractivity contribution in [2.45, 2.75) is 6.54 Å². The van der Waals surface area contributed by atoms with Crippen LogP contribution in [0.2, 0.25) is 5.02 Å². The molecule has 0 aliphatic heterocycles. The first-order valence-corrected chi connectivity index (χ1v) is 6.87. The van der Waals surface area contributed by atoms with Crippen LogP contribution in [0.3, 0.4) is 0 Å². The number of anilines is 1. The minimum Gasteiger partial charge on any atom is -0.377 e. The Morgan fingerprint density at radius 1 is 1.29 bits per heavy atom. The summed E-state index contributed by atoms with van der Waals surface area (Å²) in [5, 5.41) is 13.3. The van der Waals surface area contributed by atoms with Gasteiger partial charge < -0.3 is 5.32 Å². The van der Waals surface area contributed by atoms with E-state index in [9.17, 15) is 18.9 Å². The third kappa shape index (κ3) is 3.68. The summed E-state index contributed by atoms with van der Waals surface area (Å²) < 4.78 is 27.0. The molecule has 21 heavy (non-hydrogen) atoms. The van der Waals surface area contributed by atoms with Crippen molar-refractivity contribution in [1.82, 2.24) is 0 Å². The van der Waals surface area contributed by atoms with E-state index in [2.05, 4.69) is 21.2 Å². The summed E-state index contributed by atoms with van der Waals surface area (Å²) in [4.78, 5) is 10.1. The van der Waals surface area contributed by atoms with E-state index in [0.29, 0.717) is 10.0 Å². The highest BCUT2D eigenvalue weighted by atomic mass is 79.9. The molecule has 2 aromatic carbocycles. The Morgan fingerprint density at radius 3 is 2.57 bits per heavy atom. The van der Waals surface area contributed by atoms with Crippen LogP contribution in [-0.4, -0.2) is 4.92 Å². The molecule has 4 nitrogen and oxygen atoms in total. The van der Waals surface area contributed by atoms with Gasteiger partial charge in [0.25, 0.3) is 5.69 Å². The fourth-order valence-electron chi connectivity index (χ4n) is 1.69. The van der Waals surface area contributed by atoms with Gasteiger partial charge >= 0.3 is 0 Å². The molecule has 0 fully saturated rings. The van der Waals surface area contributed by atoms with Gasteiger partial charge in [0, 0.05) is 29.2 Å². The Bertz CT molecular complexity index is 690. The molecule has 0 aliphatic rings. The molecular weight excluding hydrogens is 370 g/mol. The number of nitro benzene ring substituents is 1. The number of nitro groups is 1. The van der Waals surface area contributed by atoms with E-state index < -0.39 is 16.6 Å². The van der Waals surface area contributed by atoms with Crippen LogP contribution in [0, 0.1) is 21.7 Å². The molecule has 0 unspecified atom stereocenters. The molecule has 0 aromatic heterocycles. The second-order valence-electron chi connectivity index (χ2n) is 4.13. The highest BCUT2D eigenvalue weighted by Crippen LogP contribution is 2.28. The molecule has 0 atom stereocenters. The Labute approximate surface area is 132 Å². The van der Waals surface area contributed by atoms with Gasteiger partial charge in [-0.25, -0.2) is 8.78 Å². The molecule has 8 heteroatoms. The lowest BCUT2D eigenvalue weighted by atomic mass is 10.2. The van der Waals surface area contributed by atoms with Crippen molar-refractivity contribution in [3.63, 3.8) is 0 Å². The first kappa shape index (κ1) is 15.7. The zero-order valence-electron chi connectivity index (χ0n) is 10.4. The molecular formula is C13H8BrClF2N2O2. The Morgan fingerprint density at radius 2 is 2.00 bits per heavy atom. The van der Waals surface area contributed by atoms with Crippen molar-refractivity contribution in [3.05, 3.63) is 67.1 Å². The summed E-state index contributed by atoms with van der Waals surface area (Å²) in [5.74, 6) is -1.57. The highest BCUT2D eigenvalue weighted by Gasteiger charge is 2.12. The molecule has 0 heterocycles. The summed E-state index contributed by atoms with van der Waals surface area (Å²) in [6, 6.07) is 5.94. The molecule has 2 aromatic rings. The number of halogens is 4. The highest BCUT2D eigenvalue weighted by molar-refractivity contribution is 9.10. The fourth-order valence-corrected chi connectivity index (χ4v) is 2.46. The van der Waals surface area contributed by atoms with Gasteiger partial charge in [0.2, 0.25) is 0 Å². The number of rotatable bonds is 4. The van der Waals surface area contributed by atoms with Crippen LogP contribution >= 0.6 is 27.5 Å². The Balaban J connectivity index is 2.19. The average Bonchev–Trinajstić information content (AvgIpc) is 2.38. The molecule has 0 bridgehead atoms. The van der Waals surface area contributed by atoms with Crippen molar-refractivity contribution in [2.24, 2.45) is 0 Å². The van der Waals surface area contributed by atoms with Crippen LogP contribution in [0.4, 0.5) is 20.2 Å². The first-order valence-electron chi connectivity index (χ1n) is 5.69. The number of non-ortho nitro benzene ring substituents is 1. The lowest BCUT2D eigenvalue weighted by Gasteiger charge is -2.11. The minimum atomic E-state index is -0.807. The van der Waals surface area contributed by atoms with E-state index in [1.165, 1.54) is 18.2 Å². The molecule has 0 saturated heterocycles. The standard InChI is InChI=1S/C13H8BrClF2N2O2/c14-10-5-9(19(20)21)2-1-7(10)6-18-13-11(15)3-8(16)4-12(13)17/h1-5,18H,6H2. The van der Waals surface area contributed by atoms with E-state index in [-0.39, 0.29) is 22.9 Å². The van der Waals surface area contributed by atoms with Crippen molar-refractivity contribution >= 4 is 38.9 Å². The molecule has 0 amide bonds. The van der Waals surface area contributed by atoms with E-state index >= 15 is 0 Å². The fraction of sp³-hybridized carbons (Fsp3) is 0.0769. The van der Waals surface area contributed by atoms with Crippen molar-refractivity contribution in [3.8, 4) is 0 Å². The molecule has 0 radical (unpaired) electrons. The van der Waals surface area contributed by atoms with Gasteiger partial charge in [-0.2, -0.15) is 0 Å². The van der Waals surface area contributed by atoms with Crippen LogP contribution in [0.25, 0.3) is 0 Å². The smallest absolute Gasteiger partial charge is 0.270 e. The van der Waals surface area contributed by atoms with Gasteiger partial charge in [0.15, 0.2) is 5.82 Å². The number of hydrogen-bond acceptors (Lipinski definition) is 3. The van der Waals surface area contributed by atoms with Crippen LogP contribution < -0.4 is 5.32 Å². The molecule has 0 aliphatic carbocycles. The van der Waals surface area contributed by atoms with Crippen molar-refractivity contribution < 1.29 is 13.7 Å². The average molecular weight is 378 g/mol. The summed E-state index contributed by atoms with van der Waals surface area (Å²) in [6.07, 6.45) is 0. The van der Waals surface area contributed by atoms with Crippen LogP contribution in [0.1, 0.15) is 5.56 Å². The topological polar surface area (TPSA) is 55.2 Å². The maximum Gasteiger partial charge on any atom is 0.270 e. The monoisotopic (exact) mass is 376 g/mol. The van der Waals surface area contributed by atoms with E-state index in [0.717, 1.165) is 12.1 Å². The van der Waals surface area contributed by atoms with E-state index in [4.69, 9.17) is 11.6 Å². The third-order valence-electron chi connectivity index (χ3n) is 2.71. The molecule has 1 N–H and O–H groups in total. The SMILES string of the molecule is O=[N+]([O-])c1ccc(CNc2c(F)cc(F)cc2Cl)c(Br)c1. The molecule has 110 valence electrons. The van der Waals surface area contributed by atoms with Gasteiger partial charge in [0.1, 0.15) is 5.82 Å². The third-order valence-corrected chi connectivity index (χ3v) is 3.75. The van der Waals surface area contributed by atoms with Gasteiger partial charge in [0.05, 0.1) is 15.6 Å². The quantitative estimate of drug-likeness (QED) is 0.609. The number of nitrogens with one attached hydrogen (secondary N) is 1. The molecule has 0 saturated carbocycles. The maximum absolute atomic E-state index is 13.6. The van der Waals surface area contributed by atoms with Gasteiger partial charge in [-0.15, -0.1) is 0 Å². The summed E-state index contributed by atoms with van der Waals surface area (Å²) in [7, 11) is 0. The van der Waals surface area contributed by atoms with Gasteiger partial charge in [-0.3, -0.25) is 10.1 Å². The van der Waals surface area contributed by atoms with Crippen LogP contribution in [0.5, 0.6) is 0 Å². The maximum atomic E-state index is 13.6. The molecule has 0 spiro atoms. The summed E-state index contributed by atoms with van der Waals surface area (Å²) >= 11 is 8.97. The lowest BCUT2D eigenvalue weighted by molar-refractivity contribution is -0.384. The predicted octanol–water partition coefficient (Wildman–Crippen LogP) is 4.90. The van der Waals surface area contributed by atoms with Crippen molar-refractivity contribution in [2.75, 3.05) is 5.32 Å². The summed E-state index contributed by atoms with van der Waals surface area (Å²) in [6.45, 7) is 0.168. The number of benzene rings is 2. The summed E-state index contributed by atoms with van der Waals surface area (Å²) in [5.41, 5.74) is 0.584. The normalized spacial score (nSPS) is 10.5. The van der Waals surface area contributed by atoms with Crippen molar-refractivity contribution in [1.29, 1.82) is 0 Å². The first-order chi connectivity index (χ1) is 9.88. The molecule has 2 rings (SSSR count). The Kier molecular flexibility index (Phi) is 4.74. The second-order valence-corrected chi connectivity index (χ2v) is 5.39. The van der Waals surface area contributed by atoms with Crippen LogP contribution in [-0.2, 0) is 6.54 Å². The van der Waals surface area contributed by atoms with Gasteiger partial charge in [-0.1, -0.05) is 27.5 Å². The van der Waals surface area contributed by atoms with Crippen LogP contribution in [0.15, 0.2) is 34.8 Å². The zero-order chi connectivity index (χ0) is 15.6. The van der Waals surface area contributed by atoms with E-state index in [1.807, 2.05) is 0 Å². The largest absolute Gasteiger partial charge is 0.377 e. The second kappa shape index (κ2) is 6.36. The van der Waals surface area contributed by atoms with E-state index in [1.54, 1.807) is 0 Å². The predicted molar refractivity (Wildman–Crippen MR) is 79.5 cm³/mol. The minimum absolute atomic E-state index is 0.0247. The Hall–Kier alpha value is -1.73.